The third kappa shape index (κ3) is 5.35. The summed E-state index contributed by atoms with van der Waals surface area (Å²) in [5.41, 5.74) is 1.98. The molecule has 1 saturated heterocycles. The second kappa shape index (κ2) is 9.40. The Morgan fingerprint density at radius 3 is 2.07 bits per heavy atom. The third-order valence-electron chi connectivity index (χ3n) is 5.46. The van der Waals surface area contributed by atoms with Gasteiger partial charge in [-0.1, -0.05) is 60.7 Å². The number of hydrogen-bond donors (Lipinski definition) is 0. The maximum atomic E-state index is 12.4. The molecule has 3 rings (SSSR count). The molecule has 1 heterocycles. The van der Waals surface area contributed by atoms with Gasteiger partial charge in [0.1, 0.15) is 6.61 Å². The Balaban J connectivity index is 1.59. The molecule has 0 saturated carbocycles. The zero-order valence-electron chi connectivity index (χ0n) is 16.3. The number of methoxy groups -OCH3 is 1. The van der Waals surface area contributed by atoms with Crippen LogP contribution < -0.4 is 0 Å². The number of esters is 1. The fourth-order valence-corrected chi connectivity index (χ4v) is 3.80. The molecule has 0 aliphatic carbocycles. The van der Waals surface area contributed by atoms with Crippen LogP contribution in [0.4, 0.5) is 4.79 Å². The Bertz CT molecular complexity index is 768. The van der Waals surface area contributed by atoms with E-state index in [1.54, 1.807) is 4.90 Å². The Labute approximate surface area is 166 Å². The summed E-state index contributed by atoms with van der Waals surface area (Å²) >= 11 is 0. The number of likely N-dealkylation sites (tertiary alicyclic amines) is 1. The van der Waals surface area contributed by atoms with Crippen molar-refractivity contribution >= 4 is 12.1 Å². The van der Waals surface area contributed by atoms with Crippen LogP contribution in [-0.4, -0.2) is 37.2 Å². The van der Waals surface area contributed by atoms with Crippen LogP contribution in [0.5, 0.6) is 0 Å². The van der Waals surface area contributed by atoms with Crippen molar-refractivity contribution in [3.05, 3.63) is 71.8 Å². The van der Waals surface area contributed by atoms with E-state index >= 15 is 0 Å². The van der Waals surface area contributed by atoms with Crippen LogP contribution in [0.1, 0.15) is 30.4 Å². The summed E-state index contributed by atoms with van der Waals surface area (Å²) in [6, 6.07) is 19.8. The lowest BCUT2D eigenvalue weighted by Crippen LogP contribution is -2.45. The first-order valence-corrected chi connectivity index (χ1v) is 9.67. The molecule has 1 aliphatic heterocycles. The fraction of sp³-hybridized carbons (Fsp3) is 0.391. The van der Waals surface area contributed by atoms with Gasteiger partial charge in [-0.2, -0.15) is 0 Å². The number of piperidine rings is 1. The molecule has 1 fully saturated rings. The summed E-state index contributed by atoms with van der Waals surface area (Å²) < 4.78 is 10.4. The van der Waals surface area contributed by atoms with Gasteiger partial charge in [0, 0.05) is 13.1 Å². The minimum Gasteiger partial charge on any atom is -0.469 e. The van der Waals surface area contributed by atoms with E-state index in [9.17, 15) is 9.59 Å². The normalized spacial score (nSPS) is 15.7. The molecule has 5 nitrogen and oxygen atoms in total. The summed E-state index contributed by atoms with van der Waals surface area (Å²) in [4.78, 5) is 26.2. The van der Waals surface area contributed by atoms with Crippen LogP contribution in [0, 0.1) is 5.41 Å². The van der Waals surface area contributed by atoms with Gasteiger partial charge in [0.15, 0.2) is 0 Å². The maximum Gasteiger partial charge on any atom is 0.410 e. The molecule has 0 bridgehead atoms. The summed E-state index contributed by atoms with van der Waals surface area (Å²) in [6.07, 6.45) is 2.37. The standard InChI is InChI=1S/C23H27NO4/c1-27-21(25)17-23(16-19-8-4-2-5-9-19)12-14-24(15-13-23)22(26)28-18-20-10-6-3-7-11-20/h2-11H,12-18H2,1H3. The van der Waals surface area contributed by atoms with Crippen molar-refractivity contribution in [2.24, 2.45) is 5.41 Å². The minimum absolute atomic E-state index is 0.190. The highest BCUT2D eigenvalue weighted by molar-refractivity contribution is 5.70. The molecule has 0 N–H and O–H groups in total. The van der Waals surface area contributed by atoms with Crippen molar-refractivity contribution in [1.29, 1.82) is 0 Å². The number of nitrogens with zero attached hydrogens (tertiary/aromatic N) is 1. The van der Waals surface area contributed by atoms with Crippen molar-refractivity contribution in [1.82, 2.24) is 4.90 Å². The molecule has 5 heteroatoms. The smallest absolute Gasteiger partial charge is 0.410 e. The molecule has 148 valence electrons. The van der Waals surface area contributed by atoms with Crippen molar-refractivity contribution in [2.75, 3.05) is 20.2 Å². The zero-order chi connectivity index (χ0) is 19.8. The van der Waals surface area contributed by atoms with Crippen molar-refractivity contribution in [3.8, 4) is 0 Å². The third-order valence-corrected chi connectivity index (χ3v) is 5.46. The molecular weight excluding hydrogens is 354 g/mol. The highest BCUT2D eigenvalue weighted by Gasteiger charge is 2.38. The van der Waals surface area contributed by atoms with Crippen molar-refractivity contribution in [3.63, 3.8) is 0 Å². The van der Waals surface area contributed by atoms with Crippen molar-refractivity contribution < 1.29 is 19.1 Å². The predicted octanol–water partition coefficient (Wildman–Crippen LogP) is 4.21. The summed E-state index contributed by atoms with van der Waals surface area (Å²) in [5, 5.41) is 0. The molecule has 0 atom stereocenters. The number of hydrogen-bond acceptors (Lipinski definition) is 4. The van der Waals surface area contributed by atoms with Crippen LogP contribution in [0.15, 0.2) is 60.7 Å². The Hall–Kier alpha value is -2.82. The van der Waals surface area contributed by atoms with Crippen molar-refractivity contribution in [2.45, 2.75) is 32.3 Å². The molecule has 0 radical (unpaired) electrons. The van der Waals surface area contributed by atoms with E-state index in [1.807, 2.05) is 48.5 Å². The summed E-state index contributed by atoms with van der Waals surface area (Å²) in [7, 11) is 1.43. The first-order chi connectivity index (χ1) is 13.6. The van der Waals surface area contributed by atoms with Gasteiger partial charge in [0.05, 0.1) is 13.5 Å². The number of carbonyl (C=O) groups is 2. The van der Waals surface area contributed by atoms with E-state index in [2.05, 4.69) is 12.1 Å². The number of benzene rings is 2. The van der Waals surface area contributed by atoms with Gasteiger partial charge >= 0.3 is 12.1 Å². The van der Waals surface area contributed by atoms with Gasteiger partial charge in [0.2, 0.25) is 0 Å². The Morgan fingerprint density at radius 1 is 0.929 bits per heavy atom. The van der Waals surface area contributed by atoms with E-state index in [0.717, 1.165) is 24.8 Å². The lowest BCUT2D eigenvalue weighted by Gasteiger charge is -2.41. The van der Waals surface area contributed by atoms with E-state index in [1.165, 1.54) is 12.7 Å². The quantitative estimate of drug-likeness (QED) is 0.704. The van der Waals surface area contributed by atoms with Crippen LogP contribution in [0.2, 0.25) is 0 Å². The van der Waals surface area contributed by atoms with Gasteiger partial charge in [-0.3, -0.25) is 4.79 Å². The molecule has 2 aromatic carbocycles. The van der Waals surface area contributed by atoms with Crippen LogP contribution in [0.25, 0.3) is 0 Å². The number of amides is 1. The average Bonchev–Trinajstić information content (AvgIpc) is 2.74. The summed E-state index contributed by atoms with van der Waals surface area (Å²) in [6.45, 7) is 1.43. The minimum atomic E-state index is -0.296. The van der Waals surface area contributed by atoms with Gasteiger partial charge in [-0.25, -0.2) is 4.79 Å². The van der Waals surface area contributed by atoms with Gasteiger partial charge in [0.25, 0.3) is 0 Å². The van der Waals surface area contributed by atoms with E-state index in [4.69, 9.17) is 9.47 Å². The molecule has 0 aromatic heterocycles. The maximum absolute atomic E-state index is 12.4. The van der Waals surface area contributed by atoms with Gasteiger partial charge < -0.3 is 14.4 Å². The molecule has 28 heavy (non-hydrogen) atoms. The first kappa shape index (κ1) is 19.9. The lowest BCUT2D eigenvalue weighted by atomic mass is 9.71. The fourth-order valence-electron chi connectivity index (χ4n) is 3.80. The number of rotatable bonds is 6. The zero-order valence-corrected chi connectivity index (χ0v) is 16.3. The SMILES string of the molecule is COC(=O)CC1(Cc2ccccc2)CCN(C(=O)OCc2ccccc2)CC1. The second-order valence-electron chi connectivity index (χ2n) is 7.44. The van der Waals surface area contributed by atoms with Gasteiger partial charge in [-0.15, -0.1) is 0 Å². The Kier molecular flexibility index (Phi) is 6.69. The van der Waals surface area contributed by atoms with Crippen LogP contribution >= 0.6 is 0 Å². The van der Waals surface area contributed by atoms with E-state index < -0.39 is 0 Å². The predicted molar refractivity (Wildman–Crippen MR) is 107 cm³/mol. The molecule has 1 amide bonds. The van der Waals surface area contributed by atoms with Crippen LogP contribution in [0.3, 0.4) is 0 Å². The molecule has 0 unspecified atom stereocenters. The molecule has 2 aromatic rings. The highest BCUT2D eigenvalue weighted by atomic mass is 16.6. The largest absolute Gasteiger partial charge is 0.469 e. The Morgan fingerprint density at radius 2 is 1.50 bits per heavy atom. The molecule has 1 aliphatic rings. The van der Waals surface area contributed by atoms with E-state index in [0.29, 0.717) is 19.5 Å². The second-order valence-corrected chi connectivity index (χ2v) is 7.44. The lowest BCUT2D eigenvalue weighted by molar-refractivity contribution is -0.144. The number of carbonyl (C=O) groups excluding carboxylic acids is 2. The first-order valence-electron chi connectivity index (χ1n) is 9.67. The summed E-state index contributed by atoms with van der Waals surface area (Å²) in [5.74, 6) is -0.198. The topological polar surface area (TPSA) is 55.8 Å². The number of ether oxygens (including phenoxy) is 2. The van der Waals surface area contributed by atoms with Crippen LogP contribution in [-0.2, 0) is 27.3 Å². The highest BCUT2D eigenvalue weighted by Crippen LogP contribution is 2.39. The van der Waals surface area contributed by atoms with E-state index in [-0.39, 0.29) is 24.1 Å². The molecule has 0 spiro atoms. The average molecular weight is 381 g/mol. The monoisotopic (exact) mass is 381 g/mol. The molecular formula is C23H27NO4. The van der Waals surface area contributed by atoms with Gasteiger partial charge in [-0.05, 0) is 35.8 Å².